The Morgan fingerprint density at radius 1 is 0.964 bits per heavy atom. The van der Waals surface area contributed by atoms with Crippen LogP contribution in [-0.2, 0) is 6.54 Å². The van der Waals surface area contributed by atoms with Gasteiger partial charge in [0.2, 0.25) is 5.88 Å². The van der Waals surface area contributed by atoms with Crippen molar-refractivity contribution >= 4 is 0 Å². The summed E-state index contributed by atoms with van der Waals surface area (Å²) in [4.78, 5) is 12.5. The minimum Gasteiger partial charge on any atom is -0.480 e. The van der Waals surface area contributed by atoms with E-state index in [2.05, 4.69) is 15.0 Å². The van der Waals surface area contributed by atoms with Crippen molar-refractivity contribution in [2.75, 3.05) is 14.2 Å². The van der Waals surface area contributed by atoms with Crippen LogP contribution in [0.1, 0.15) is 5.56 Å². The van der Waals surface area contributed by atoms with Gasteiger partial charge >= 0.3 is 6.01 Å². The van der Waals surface area contributed by atoms with Crippen LogP contribution in [0.15, 0.2) is 67.3 Å². The fourth-order valence-corrected chi connectivity index (χ4v) is 2.93. The molecule has 0 atom stereocenters. The van der Waals surface area contributed by atoms with Crippen molar-refractivity contribution in [3.63, 3.8) is 0 Å². The normalized spacial score (nSPS) is 10.6. The molecule has 140 valence electrons. The van der Waals surface area contributed by atoms with Crippen molar-refractivity contribution < 1.29 is 9.47 Å². The highest BCUT2D eigenvalue weighted by atomic mass is 16.5. The lowest BCUT2D eigenvalue weighted by molar-refractivity contribution is 0.353. The summed E-state index contributed by atoms with van der Waals surface area (Å²) in [7, 11) is 3.10. The van der Waals surface area contributed by atoms with Crippen LogP contribution in [0.3, 0.4) is 0 Å². The molecule has 0 aliphatic carbocycles. The number of rotatable bonds is 6. The first-order valence-electron chi connectivity index (χ1n) is 8.75. The van der Waals surface area contributed by atoms with Crippen LogP contribution in [-0.4, -0.2) is 39.0 Å². The Labute approximate surface area is 162 Å². The molecule has 0 aliphatic rings. The largest absolute Gasteiger partial charge is 0.480 e. The highest BCUT2D eigenvalue weighted by Gasteiger charge is 2.12. The number of methoxy groups -OCH3 is 2. The zero-order chi connectivity index (χ0) is 19.3. The van der Waals surface area contributed by atoms with E-state index in [0.29, 0.717) is 12.4 Å². The van der Waals surface area contributed by atoms with E-state index in [-0.39, 0.29) is 6.01 Å². The molecule has 4 aromatic rings. The lowest BCUT2D eigenvalue weighted by Gasteiger charge is -2.09. The fraction of sp³-hybridized carbons (Fsp3) is 0.143. The number of aromatic nitrogens is 5. The third-order valence-electron chi connectivity index (χ3n) is 4.31. The topological polar surface area (TPSA) is 75.0 Å². The zero-order valence-electron chi connectivity index (χ0n) is 15.6. The molecular weight excluding hydrogens is 354 g/mol. The van der Waals surface area contributed by atoms with Gasteiger partial charge in [0.1, 0.15) is 0 Å². The van der Waals surface area contributed by atoms with Gasteiger partial charge in [-0.15, -0.1) is 0 Å². The molecule has 0 spiro atoms. The van der Waals surface area contributed by atoms with Gasteiger partial charge in [-0.05, 0) is 35.4 Å². The van der Waals surface area contributed by atoms with Crippen LogP contribution >= 0.6 is 0 Å². The van der Waals surface area contributed by atoms with Crippen molar-refractivity contribution in [2.24, 2.45) is 0 Å². The van der Waals surface area contributed by atoms with Gasteiger partial charge in [-0.1, -0.05) is 18.2 Å². The molecule has 0 N–H and O–H groups in total. The van der Waals surface area contributed by atoms with E-state index in [4.69, 9.17) is 14.6 Å². The van der Waals surface area contributed by atoms with Crippen molar-refractivity contribution in [2.45, 2.75) is 6.54 Å². The second-order valence-corrected chi connectivity index (χ2v) is 6.11. The number of pyridine rings is 1. The smallest absolute Gasteiger partial charge is 0.319 e. The molecule has 0 saturated heterocycles. The van der Waals surface area contributed by atoms with Gasteiger partial charge in [-0.25, -0.2) is 4.98 Å². The molecular formula is C21H19N5O2. The number of hydrogen-bond donors (Lipinski definition) is 0. The summed E-state index contributed by atoms with van der Waals surface area (Å²) in [6.45, 7) is 0.697. The molecule has 3 aromatic heterocycles. The summed E-state index contributed by atoms with van der Waals surface area (Å²) in [5.41, 5.74) is 4.79. The molecule has 0 bridgehead atoms. The van der Waals surface area contributed by atoms with Crippen LogP contribution in [0.25, 0.3) is 22.4 Å². The quantitative estimate of drug-likeness (QED) is 0.515. The van der Waals surface area contributed by atoms with Crippen LogP contribution in [0, 0.1) is 0 Å². The maximum Gasteiger partial charge on any atom is 0.319 e. The minimum atomic E-state index is 0.270. The maximum absolute atomic E-state index is 5.40. The average Bonchev–Trinajstić information content (AvgIpc) is 3.22. The van der Waals surface area contributed by atoms with E-state index >= 15 is 0 Å². The lowest BCUT2D eigenvalue weighted by Crippen LogP contribution is -2.00. The highest BCUT2D eigenvalue weighted by Crippen LogP contribution is 2.31. The van der Waals surface area contributed by atoms with E-state index in [1.807, 2.05) is 53.3 Å². The highest BCUT2D eigenvalue weighted by molar-refractivity contribution is 5.73. The summed E-state index contributed by atoms with van der Waals surface area (Å²) in [6, 6.07) is 14.3. The Morgan fingerprint density at radius 3 is 2.57 bits per heavy atom. The first-order chi connectivity index (χ1) is 13.8. The molecule has 4 rings (SSSR count). The van der Waals surface area contributed by atoms with Gasteiger partial charge in [0, 0.05) is 30.4 Å². The number of benzene rings is 1. The molecule has 28 heavy (non-hydrogen) atoms. The van der Waals surface area contributed by atoms with Gasteiger partial charge in [0.25, 0.3) is 0 Å². The summed E-state index contributed by atoms with van der Waals surface area (Å²) in [5, 5.41) is 4.69. The van der Waals surface area contributed by atoms with Gasteiger partial charge in [-0.3, -0.25) is 9.67 Å². The molecule has 0 amide bonds. The van der Waals surface area contributed by atoms with E-state index in [1.54, 1.807) is 25.7 Å². The Hall–Kier alpha value is -3.74. The average molecular weight is 373 g/mol. The fourth-order valence-electron chi connectivity index (χ4n) is 2.93. The van der Waals surface area contributed by atoms with Gasteiger partial charge in [0.15, 0.2) is 0 Å². The first kappa shape index (κ1) is 17.7. The van der Waals surface area contributed by atoms with Crippen LogP contribution in [0.5, 0.6) is 11.9 Å². The summed E-state index contributed by atoms with van der Waals surface area (Å²) in [6.07, 6.45) is 7.24. The van der Waals surface area contributed by atoms with Crippen molar-refractivity contribution in [1.29, 1.82) is 0 Å². The number of ether oxygens (including phenoxy) is 2. The van der Waals surface area contributed by atoms with Crippen molar-refractivity contribution in [3.8, 4) is 34.3 Å². The first-order valence-corrected chi connectivity index (χ1v) is 8.75. The summed E-state index contributed by atoms with van der Waals surface area (Å²) < 4.78 is 12.4. The Bertz CT molecular complexity index is 1080. The minimum absolute atomic E-state index is 0.270. The third kappa shape index (κ3) is 3.68. The van der Waals surface area contributed by atoms with Crippen molar-refractivity contribution in [3.05, 3.63) is 72.8 Å². The predicted molar refractivity (Wildman–Crippen MR) is 105 cm³/mol. The van der Waals surface area contributed by atoms with Crippen molar-refractivity contribution in [1.82, 2.24) is 24.7 Å². The standard InChI is InChI=1S/C21H19N5O2/c1-27-20-18(13-23-21(24-20)28-2)16-4-3-5-17(12-16)19-8-11-26(25-19)14-15-6-9-22-10-7-15/h3-13H,14H2,1-2H3. The molecule has 7 heteroatoms. The molecule has 0 unspecified atom stereocenters. The van der Waals surface area contributed by atoms with Gasteiger partial charge < -0.3 is 9.47 Å². The molecule has 0 saturated carbocycles. The monoisotopic (exact) mass is 373 g/mol. The molecule has 3 heterocycles. The van der Waals surface area contributed by atoms with E-state index in [9.17, 15) is 0 Å². The Kier molecular flexibility index (Phi) is 4.97. The summed E-state index contributed by atoms with van der Waals surface area (Å²) >= 11 is 0. The van der Waals surface area contributed by atoms with Gasteiger partial charge in [-0.2, -0.15) is 10.1 Å². The Morgan fingerprint density at radius 2 is 1.79 bits per heavy atom. The van der Waals surface area contributed by atoms with E-state index < -0.39 is 0 Å². The number of hydrogen-bond acceptors (Lipinski definition) is 6. The van der Waals surface area contributed by atoms with Crippen LogP contribution in [0.4, 0.5) is 0 Å². The van der Waals surface area contributed by atoms with Gasteiger partial charge in [0.05, 0.1) is 32.0 Å². The van der Waals surface area contributed by atoms with Crippen LogP contribution in [0.2, 0.25) is 0 Å². The summed E-state index contributed by atoms with van der Waals surface area (Å²) in [5.74, 6) is 0.465. The van der Waals surface area contributed by atoms with E-state index in [0.717, 1.165) is 27.9 Å². The molecule has 1 aromatic carbocycles. The molecule has 0 aliphatic heterocycles. The van der Waals surface area contributed by atoms with Crippen LogP contribution < -0.4 is 9.47 Å². The second kappa shape index (κ2) is 7.87. The molecule has 0 fully saturated rings. The SMILES string of the molecule is COc1ncc(-c2cccc(-c3ccn(Cc4ccncc4)n3)c2)c(OC)n1. The number of nitrogens with zero attached hydrogens (tertiary/aromatic N) is 5. The van der Waals surface area contributed by atoms with E-state index in [1.165, 1.54) is 7.11 Å². The molecule has 7 nitrogen and oxygen atoms in total. The third-order valence-corrected chi connectivity index (χ3v) is 4.31. The second-order valence-electron chi connectivity index (χ2n) is 6.11. The zero-order valence-corrected chi connectivity index (χ0v) is 15.6. The predicted octanol–water partition coefficient (Wildman–Crippen LogP) is 3.47. The maximum atomic E-state index is 5.40. The lowest BCUT2D eigenvalue weighted by atomic mass is 10.0. The Balaban J connectivity index is 1.63. The molecule has 0 radical (unpaired) electrons.